The molecule has 2 aromatic carbocycles. The molecule has 1 aliphatic rings. The molecule has 0 spiro atoms. The van der Waals surface area contributed by atoms with E-state index in [2.05, 4.69) is 70.5 Å². The molecule has 0 aliphatic carbocycles. The molecule has 1 aromatic heterocycles. The van der Waals surface area contributed by atoms with Gasteiger partial charge in [0.15, 0.2) is 0 Å². The van der Waals surface area contributed by atoms with Crippen LogP contribution in [0, 0.1) is 6.92 Å². The number of nitrogens with zero attached hydrogens (tertiary/aromatic N) is 4. The number of aryl methyl sites for hydroxylation is 1. The van der Waals surface area contributed by atoms with Crippen molar-refractivity contribution in [2.75, 3.05) is 44.2 Å². The molecule has 6 heteroatoms. The Morgan fingerprint density at radius 2 is 1.82 bits per heavy atom. The van der Waals surface area contributed by atoms with E-state index >= 15 is 0 Å². The first-order chi connectivity index (χ1) is 16.1. The van der Waals surface area contributed by atoms with Gasteiger partial charge in [-0.15, -0.1) is 0 Å². The Morgan fingerprint density at radius 3 is 2.55 bits per heavy atom. The summed E-state index contributed by atoms with van der Waals surface area (Å²) in [5, 5.41) is 7.59. The van der Waals surface area contributed by atoms with E-state index in [1.54, 1.807) is 6.20 Å². The van der Waals surface area contributed by atoms with Gasteiger partial charge in [0, 0.05) is 38.4 Å². The molecule has 3 aromatic rings. The number of aromatic nitrogens is 2. The van der Waals surface area contributed by atoms with Crippen LogP contribution < -0.4 is 10.2 Å². The number of carbonyl (C=O) groups is 1. The van der Waals surface area contributed by atoms with Crippen LogP contribution in [0.3, 0.4) is 0 Å². The molecule has 174 valence electrons. The highest BCUT2D eigenvalue weighted by Gasteiger charge is 2.18. The van der Waals surface area contributed by atoms with E-state index in [1.165, 1.54) is 16.8 Å². The number of benzene rings is 2. The molecular weight excluding hydrogens is 410 g/mol. The third kappa shape index (κ3) is 6.02. The summed E-state index contributed by atoms with van der Waals surface area (Å²) in [7, 11) is 0. The van der Waals surface area contributed by atoms with Gasteiger partial charge in [0.1, 0.15) is 0 Å². The number of rotatable bonds is 9. The average molecular weight is 446 g/mol. The van der Waals surface area contributed by atoms with Crippen molar-refractivity contribution in [1.82, 2.24) is 20.0 Å². The fraction of sp³-hybridized carbons (Fsp3) is 0.407. The van der Waals surface area contributed by atoms with E-state index in [9.17, 15) is 4.79 Å². The van der Waals surface area contributed by atoms with Gasteiger partial charge < -0.3 is 10.2 Å². The maximum Gasteiger partial charge on any atom is 0.254 e. The van der Waals surface area contributed by atoms with Crippen LogP contribution in [0.2, 0.25) is 0 Å². The van der Waals surface area contributed by atoms with E-state index in [0.717, 1.165) is 51.3 Å². The van der Waals surface area contributed by atoms with Crippen molar-refractivity contribution in [3.63, 3.8) is 0 Å². The second-order valence-corrected chi connectivity index (χ2v) is 8.78. The maximum atomic E-state index is 12.8. The molecule has 1 aliphatic heterocycles. The molecule has 4 rings (SSSR count). The molecule has 1 N–H and O–H groups in total. The highest BCUT2D eigenvalue weighted by molar-refractivity contribution is 5.95. The van der Waals surface area contributed by atoms with Crippen LogP contribution in [-0.4, -0.2) is 59.9 Å². The van der Waals surface area contributed by atoms with Crippen LogP contribution in [0.4, 0.5) is 5.69 Å². The van der Waals surface area contributed by atoms with Crippen LogP contribution in [0.25, 0.3) is 0 Å². The molecule has 1 saturated heterocycles. The Hall–Kier alpha value is -3.12. The van der Waals surface area contributed by atoms with Gasteiger partial charge in [0.05, 0.1) is 24.0 Å². The number of hydrogen-bond acceptors (Lipinski definition) is 4. The summed E-state index contributed by atoms with van der Waals surface area (Å²) >= 11 is 0. The first-order valence-corrected chi connectivity index (χ1v) is 12.0. The number of nitrogens with one attached hydrogen (secondary N) is 1. The van der Waals surface area contributed by atoms with Crippen molar-refractivity contribution < 1.29 is 4.79 Å². The Kier molecular flexibility index (Phi) is 7.79. The molecular formula is C27H35N5O. The molecule has 0 unspecified atom stereocenters. The largest absolute Gasteiger partial charge is 0.369 e. The summed E-state index contributed by atoms with van der Waals surface area (Å²) in [5.74, 6) is -0.0181. The zero-order valence-electron chi connectivity index (χ0n) is 19.8. The number of carbonyl (C=O) groups excluding carboxylic acids is 1. The van der Waals surface area contributed by atoms with Crippen molar-refractivity contribution in [3.05, 3.63) is 83.2 Å². The highest BCUT2D eigenvalue weighted by Crippen LogP contribution is 2.18. The lowest BCUT2D eigenvalue weighted by Gasteiger charge is -2.36. The summed E-state index contributed by atoms with van der Waals surface area (Å²) in [6.45, 7) is 10.8. The van der Waals surface area contributed by atoms with Gasteiger partial charge in [-0.2, -0.15) is 5.10 Å². The SMILES string of the molecule is CCc1c(C(=O)NCCCN2CCN(c3cccc(C)c3)CC2)cnn1Cc1ccccc1. The van der Waals surface area contributed by atoms with Crippen molar-refractivity contribution in [2.24, 2.45) is 0 Å². The van der Waals surface area contributed by atoms with Gasteiger partial charge in [-0.3, -0.25) is 14.4 Å². The van der Waals surface area contributed by atoms with E-state index in [4.69, 9.17) is 0 Å². The molecule has 0 atom stereocenters. The van der Waals surface area contributed by atoms with Crippen molar-refractivity contribution in [1.29, 1.82) is 0 Å². The molecule has 0 saturated carbocycles. The Bertz CT molecular complexity index is 1040. The smallest absolute Gasteiger partial charge is 0.254 e. The lowest BCUT2D eigenvalue weighted by molar-refractivity contribution is 0.0950. The van der Waals surface area contributed by atoms with Gasteiger partial charge >= 0.3 is 0 Å². The fourth-order valence-corrected chi connectivity index (χ4v) is 4.52. The van der Waals surface area contributed by atoms with Gasteiger partial charge in [0.2, 0.25) is 0 Å². The number of amides is 1. The lowest BCUT2D eigenvalue weighted by Crippen LogP contribution is -2.47. The minimum absolute atomic E-state index is 0.0181. The second-order valence-electron chi connectivity index (χ2n) is 8.78. The van der Waals surface area contributed by atoms with E-state index in [1.807, 2.05) is 22.9 Å². The van der Waals surface area contributed by atoms with Gasteiger partial charge in [0.25, 0.3) is 5.91 Å². The Morgan fingerprint density at radius 1 is 1.03 bits per heavy atom. The minimum atomic E-state index is -0.0181. The van der Waals surface area contributed by atoms with E-state index in [0.29, 0.717) is 18.7 Å². The summed E-state index contributed by atoms with van der Waals surface area (Å²) < 4.78 is 1.94. The molecule has 2 heterocycles. The van der Waals surface area contributed by atoms with E-state index in [-0.39, 0.29) is 5.91 Å². The molecule has 1 amide bonds. The number of anilines is 1. The van der Waals surface area contributed by atoms with Crippen molar-refractivity contribution in [2.45, 2.75) is 33.2 Å². The Labute approximate surface area is 197 Å². The lowest BCUT2D eigenvalue weighted by atomic mass is 10.1. The van der Waals surface area contributed by atoms with Crippen molar-refractivity contribution >= 4 is 11.6 Å². The minimum Gasteiger partial charge on any atom is -0.369 e. The normalized spacial score (nSPS) is 14.4. The molecule has 33 heavy (non-hydrogen) atoms. The summed E-state index contributed by atoms with van der Waals surface area (Å²) in [4.78, 5) is 17.7. The van der Waals surface area contributed by atoms with Crippen LogP contribution in [0.5, 0.6) is 0 Å². The second kappa shape index (κ2) is 11.1. The third-order valence-corrected chi connectivity index (χ3v) is 6.38. The first-order valence-electron chi connectivity index (χ1n) is 12.0. The van der Waals surface area contributed by atoms with E-state index < -0.39 is 0 Å². The van der Waals surface area contributed by atoms with Crippen LogP contribution in [0.1, 0.15) is 40.5 Å². The van der Waals surface area contributed by atoms with Crippen LogP contribution in [-0.2, 0) is 13.0 Å². The molecule has 0 radical (unpaired) electrons. The molecule has 1 fully saturated rings. The summed E-state index contributed by atoms with van der Waals surface area (Å²) in [5.41, 5.74) is 5.50. The Balaban J connectivity index is 1.21. The zero-order chi connectivity index (χ0) is 23.0. The monoisotopic (exact) mass is 445 g/mol. The maximum absolute atomic E-state index is 12.8. The quantitative estimate of drug-likeness (QED) is 0.510. The van der Waals surface area contributed by atoms with Crippen molar-refractivity contribution in [3.8, 4) is 0 Å². The predicted octanol–water partition coefficient (Wildman–Crippen LogP) is 3.74. The zero-order valence-corrected chi connectivity index (χ0v) is 19.8. The third-order valence-electron chi connectivity index (χ3n) is 6.38. The van der Waals surface area contributed by atoms with Crippen LogP contribution in [0.15, 0.2) is 60.8 Å². The number of piperazine rings is 1. The summed E-state index contributed by atoms with van der Waals surface area (Å²) in [6, 6.07) is 19.0. The van der Waals surface area contributed by atoms with Gasteiger partial charge in [-0.05, 0) is 49.6 Å². The fourth-order valence-electron chi connectivity index (χ4n) is 4.52. The predicted molar refractivity (Wildman–Crippen MR) is 134 cm³/mol. The standard InChI is InChI=1S/C27H35N5O/c1-3-26-25(20-29-32(26)21-23-10-5-4-6-11-23)27(33)28-13-8-14-30-15-17-31(18-16-30)24-12-7-9-22(2)19-24/h4-7,9-12,19-20H,3,8,13-18,21H2,1-2H3,(H,28,33). The van der Waals surface area contributed by atoms with Gasteiger partial charge in [-0.1, -0.05) is 49.4 Å². The van der Waals surface area contributed by atoms with Gasteiger partial charge in [-0.25, -0.2) is 0 Å². The average Bonchev–Trinajstić information content (AvgIpc) is 3.25. The topological polar surface area (TPSA) is 53.4 Å². The first kappa shape index (κ1) is 23.1. The number of hydrogen-bond donors (Lipinski definition) is 1. The molecule has 6 nitrogen and oxygen atoms in total. The highest BCUT2D eigenvalue weighted by atomic mass is 16.1. The molecule has 0 bridgehead atoms. The summed E-state index contributed by atoms with van der Waals surface area (Å²) in [6.07, 6.45) is 3.44. The van der Waals surface area contributed by atoms with Crippen LogP contribution >= 0.6 is 0 Å².